The van der Waals surface area contributed by atoms with Crippen molar-refractivity contribution in [2.24, 2.45) is 0 Å². The fourth-order valence-corrected chi connectivity index (χ4v) is 2.80. The molecule has 23 heavy (non-hydrogen) atoms. The number of benzene rings is 1. The van der Waals surface area contributed by atoms with Crippen LogP contribution in [0.4, 0.5) is 0 Å². The van der Waals surface area contributed by atoms with E-state index in [2.05, 4.69) is 5.32 Å². The van der Waals surface area contributed by atoms with E-state index in [1.54, 1.807) is 38.3 Å². The van der Waals surface area contributed by atoms with Crippen molar-refractivity contribution >= 4 is 11.9 Å². The minimum atomic E-state index is -1.16. The second-order valence-electron chi connectivity index (χ2n) is 5.87. The molecule has 0 aliphatic heterocycles. The van der Waals surface area contributed by atoms with E-state index in [1.165, 1.54) is 0 Å². The fraction of sp³-hybridized carbons (Fsp3) is 0.529. The van der Waals surface area contributed by atoms with Crippen LogP contribution in [0.2, 0.25) is 0 Å². The Morgan fingerprint density at radius 1 is 1.13 bits per heavy atom. The smallest absolute Gasteiger partial charge is 0.329 e. The summed E-state index contributed by atoms with van der Waals surface area (Å²) >= 11 is 0. The molecular weight excluding hydrogens is 298 g/mol. The van der Waals surface area contributed by atoms with Gasteiger partial charge in [-0.05, 0) is 44.0 Å². The van der Waals surface area contributed by atoms with Crippen LogP contribution in [0.5, 0.6) is 11.5 Å². The molecule has 126 valence electrons. The molecule has 1 atom stereocenters. The number of nitrogens with one attached hydrogen (secondary N) is 1. The highest BCUT2D eigenvalue weighted by molar-refractivity contribution is 5.89. The number of methoxy groups -OCH3 is 1. The Labute approximate surface area is 135 Å². The van der Waals surface area contributed by atoms with Gasteiger partial charge in [0.2, 0.25) is 0 Å². The van der Waals surface area contributed by atoms with Crippen LogP contribution in [0.25, 0.3) is 0 Å². The molecule has 0 saturated heterocycles. The Bertz CT molecular complexity index is 549. The van der Waals surface area contributed by atoms with Crippen LogP contribution in [0, 0.1) is 0 Å². The lowest BCUT2D eigenvalue weighted by Crippen LogP contribution is -2.58. The molecule has 0 spiro atoms. The highest BCUT2D eigenvalue weighted by Gasteiger charge is 2.41. The molecule has 1 amide bonds. The standard InChI is InChI=1S/C17H23NO5/c1-12(23-14-8-6-13(22-2)7-9-14)15(19)18-17(16(20)21)10-4-3-5-11-17/h6-9,12H,3-5,10-11H2,1-2H3,(H,18,19)(H,20,21). The molecule has 1 saturated carbocycles. The van der Waals surface area contributed by atoms with Crippen molar-refractivity contribution in [1.29, 1.82) is 0 Å². The van der Waals surface area contributed by atoms with E-state index in [9.17, 15) is 14.7 Å². The number of hydrogen-bond donors (Lipinski definition) is 2. The number of amides is 1. The summed E-state index contributed by atoms with van der Waals surface area (Å²) in [6.07, 6.45) is 2.76. The van der Waals surface area contributed by atoms with E-state index in [0.717, 1.165) is 19.3 Å². The lowest BCUT2D eigenvalue weighted by atomic mass is 9.81. The summed E-state index contributed by atoms with van der Waals surface area (Å²) in [6, 6.07) is 6.88. The molecule has 1 aromatic rings. The van der Waals surface area contributed by atoms with Crippen molar-refractivity contribution in [2.75, 3.05) is 7.11 Å². The van der Waals surface area contributed by atoms with Crippen LogP contribution in [0.3, 0.4) is 0 Å². The topological polar surface area (TPSA) is 84.9 Å². The predicted molar refractivity (Wildman–Crippen MR) is 84.7 cm³/mol. The fourth-order valence-electron chi connectivity index (χ4n) is 2.80. The van der Waals surface area contributed by atoms with Crippen LogP contribution in [0.15, 0.2) is 24.3 Å². The summed E-state index contributed by atoms with van der Waals surface area (Å²) in [5.74, 6) is -0.157. The lowest BCUT2D eigenvalue weighted by molar-refractivity contribution is -0.150. The van der Waals surface area contributed by atoms with Crippen molar-refractivity contribution in [2.45, 2.75) is 50.7 Å². The zero-order chi connectivity index (χ0) is 16.9. The monoisotopic (exact) mass is 321 g/mol. The first-order valence-corrected chi connectivity index (χ1v) is 7.83. The third kappa shape index (κ3) is 4.15. The number of aliphatic carboxylic acids is 1. The Balaban J connectivity index is 1.99. The molecule has 0 heterocycles. The minimum absolute atomic E-state index is 0.412. The average Bonchev–Trinajstić information content (AvgIpc) is 2.56. The molecule has 1 aliphatic rings. The van der Waals surface area contributed by atoms with Gasteiger partial charge in [0.05, 0.1) is 7.11 Å². The molecule has 1 unspecified atom stereocenters. The number of carbonyl (C=O) groups is 2. The quantitative estimate of drug-likeness (QED) is 0.840. The zero-order valence-corrected chi connectivity index (χ0v) is 13.5. The number of carbonyl (C=O) groups excluding carboxylic acids is 1. The van der Waals surface area contributed by atoms with Gasteiger partial charge in [0.25, 0.3) is 5.91 Å². The van der Waals surface area contributed by atoms with Crippen LogP contribution >= 0.6 is 0 Å². The summed E-state index contributed by atoms with van der Waals surface area (Å²) in [5, 5.41) is 12.2. The molecule has 0 bridgehead atoms. The predicted octanol–water partition coefficient (Wildman–Crippen LogP) is 2.37. The van der Waals surface area contributed by atoms with E-state index in [4.69, 9.17) is 9.47 Å². The Kier molecular flexibility index (Phi) is 5.47. The second kappa shape index (κ2) is 7.35. The maximum atomic E-state index is 12.3. The number of carboxylic acids is 1. The second-order valence-corrected chi connectivity index (χ2v) is 5.87. The lowest BCUT2D eigenvalue weighted by Gasteiger charge is -2.34. The van der Waals surface area contributed by atoms with Crippen LogP contribution in [-0.4, -0.2) is 35.7 Å². The largest absolute Gasteiger partial charge is 0.497 e. The first kappa shape index (κ1) is 17.1. The van der Waals surface area contributed by atoms with Crippen LogP contribution < -0.4 is 14.8 Å². The first-order chi connectivity index (χ1) is 11.0. The minimum Gasteiger partial charge on any atom is -0.497 e. The van der Waals surface area contributed by atoms with Gasteiger partial charge in [0, 0.05) is 0 Å². The van der Waals surface area contributed by atoms with Crippen molar-refractivity contribution in [1.82, 2.24) is 5.32 Å². The van der Waals surface area contributed by atoms with Gasteiger partial charge in [-0.1, -0.05) is 19.3 Å². The van der Waals surface area contributed by atoms with Gasteiger partial charge < -0.3 is 19.9 Å². The van der Waals surface area contributed by atoms with Crippen LogP contribution in [0.1, 0.15) is 39.0 Å². The molecule has 1 aliphatic carbocycles. The molecule has 6 heteroatoms. The molecule has 2 N–H and O–H groups in total. The van der Waals surface area contributed by atoms with E-state index >= 15 is 0 Å². The normalized spacial score (nSPS) is 17.8. The van der Waals surface area contributed by atoms with E-state index in [-0.39, 0.29) is 0 Å². The van der Waals surface area contributed by atoms with Gasteiger partial charge >= 0.3 is 5.97 Å². The zero-order valence-electron chi connectivity index (χ0n) is 13.5. The Hall–Kier alpha value is -2.24. The number of rotatable bonds is 6. The highest BCUT2D eigenvalue weighted by atomic mass is 16.5. The molecular formula is C17H23NO5. The Morgan fingerprint density at radius 2 is 1.70 bits per heavy atom. The summed E-state index contributed by atoms with van der Waals surface area (Å²) in [6.45, 7) is 1.61. The van der Waals surface area contributed by atoms with Gasteiger partial charge in [-0.15, -0.1) is 0 Å². The third-order valence-corrected chi connectivity index (χ3v) is 4.22. The number of hydrogen-bond acceptors (Lipinski definition) is 4. The summed E-state index contributed by atoms with van der Waals surface area (Å²) < 4.78 is 10.6. The summed E-state index contributed by atoms with van der Waals surface area (Å²) in [4.78, 5) is 23.9. The summed E-state index contributed by atoms with van der Waals surface area (Å²) in [5.41, 5.74) is -1.16. The molecule has 1 aromatic carbocycles. The molecule has 0 aromatic heterocycles. The van der Waals surface area contributed by atoms with E-state index in [1.807, 2.05) is 0 Å². The van der Waals surface area contributed by atoms with Gasteiger partial charge in [-0.25, -0.2) is 4.79 Å². The maximum Gasteiger partial charge on any atom is 0.329 e. The van der Waals surface area contributed by atoms with Gasteiger partial charge in [-0.2, -0.15) is 0 Å². The number of carboxylic acid groups (broad SMARTS) is 1. The molecule has 2 rings (SSSR count). The summed E-state index contributed by atoms with van der Waals surface area (Å²) in [7, 11) is 1.57. The molecule has 1 fully saturated rings. The van der Waals surface area contributed by atoms with Crippen molar-refractivity contribution in [3.63, 3.8) is 0 Å². The van der Waals surface area contributed by atoms with E-state index < -0.39 is 23.5 Å². The number of ether oxygens (including phenoxy) is 2. The van der Waals surface area contributed by atoms with Crippen molar-refractivity contribution < 1.29 is 24.2 Å². The maximum absolute atomic E-state index is 12.3. The van der Waals surface area contributed by atoms with Gasteiger partial charge in [0.15, 0.2) is 6.10 Å². The average molecular weight is 321 g/mol. The van der Waals surface area contributed by atoms with Crippen LogP contribution in [-0.2, 0) is 9.59 Å². The molecule has 0 radical (unpaired) electrons. The van der Waals surface area contributed by atoms with Crippen molar-refractivity contribution in [3.8, 4) is 11.5 Å². The van der Waals surface area contributed by atoms with E-state index in [0.29, 0.717) is 24.3 Å². The van der Waals surface area contributed by atoms with Gasteiger partial charge in [0.1, 0.15) is 17.0 Å². The third-order valence-electron chi connectivity index (χ3n) is 4.22. The first-order valence-electron chi connectivity index (χ1n) is 7.83. The van der Waals surface area contributed by atoms with Gasteiger partial charge in [-0.3, -0.25) is 4.79 Å². The molecule has 6 nitrogen and oxygen atoms in total. The SMILES string of the molecule is COc1ccc(OC(C)C(=O)NC2(C(=O)O)CCCCC2)cc1. The Morgan fingerprint density at radius 3 is 2.22 bits per heavy atom. The highest BCUT2D eigenvalue weighted by Crippen LogP contribution is 2.29. The van der Waals surface area contributed by atoms with Crippen molar-refractivity contribution in [3.05, 3.63) is 24.3 Å².